The number of hydrogen-bond acceptors (Lipinski definition) is 5. The molecule has 0 unspecified atom stereocenters. The number of carbonyl (C=O) groups excluding carboxylic acids is 1. The summed E-state index contributed by atoms with van der Waals surface area (Å²) in [6.07, 6.45) is 2.13. The van der Waals surface area contributed by atoms with Crippen molar-refractivity contribution in [1.29, 1.82) is 0 Å². The summed E-state index contributed by atoms with van der Waals surface area (Å²) < 4.78 is 5.02. The summed E-state index contributed by atoms with van der Waals surface area (Å²) in [6.45, 7) is 0. The molecule has 0 saturated heterocycles. The number of nitrogens with zero attached hydrogens (tertiary/aromatic N) is 3. The van der Waals surface area contributed by atoms with Crippen LogP contribution in [0.25, 0.3) is 32.4 Å². The minimum absolute atomic E-state index is 0.0306. The average molecular weight is 346 g/mol. The summed E-state index contributed by atoms with van der Waals surface area (Å²) in [4.78, 5) is 17.5. The number of para-hydroxylation sites is 1. The van der Waals surface area contributed by atoms with E-state index in [1.165, 1.54) is 11.5 Å². The van der Waals surface area contributed by atoms with E-state index < -0.39 is 0 Å². The molecule has 0 spiro atoms. The molecule has 2 aromatic heterocycles. The Balaban J connectivity index is 1.73. The lowest BCUT2D eigenvalue weighted by molar-refractivity contribution is 0.0952. The first-order chi connectivity index (χ1) is 12.3. The molecule has 1 aliphatic rings. The van der Waals surface area contributed by atoms with Gasteiger partial charge in [-0.25, -0.2) is 4.98 Å². The van der Waals surface area contributed by atoms with Gasteiger partial charge in [0.15, 0.2) is 0 Å². The standard InChI is InChI=1S/C19H14N4OS/c24-19(20-11-8-9-11)14-10-17(21-15-6-2-1-4-12(14)15)13-5-3-7-16-18(13)25-23-22-16/h1-7,10-11H,8-9H2,(H,20,24). The second-order valence-corrected chi connectivity index (χ2v) is 7.00. The molecular weight excluding hydrogens is 332 g/mol. The van der Waals surface area contributed by atoms with Gasteiger partial charge >= 0.3 is 0 Å². The normalized spacial score (nSPS) is 14.1. The highest BCUT2D eigenvalue weighted by molar-refractivity contribution is 7.13. The van der Waals surface area contributed by atoms with Crippen LogP contribution < -0.4 is 5.32 Å². The van der Waals surface area contributed by atoms with Crippen LogP contribution in [0.4, 0.5) is 0 Å². The molecule has 0 radical (unpaired) electrons. The number of fused-ring (bicyclic) bond motifs is 2. The summed E-state index contributed by atoms with van der Waals surface area (Å²) in [6, 6.07) is 15.8. The number of aromatic nitrogens is 3. The molecule has 1 saturated carbocycles. The van der Waals surface area contributed by atoms with E-state index in [0.29, 0.717) is 11.6 Å². The average Bonchev–Trinajstić information content (AvgIpc) is 3.32. The first kappa shape index (κ1) is 14.5. The van der Waals surface area contributed by atoms with E-state index >= 15 is 0 Å². The largest absolute Gasteiger partial charge is 0.349 e. The highest BCUT2D eigenvalue weighted by Crippen LogP contribution is 2.32. The number of carbonyl (C=O) groups is 1. The van der Waals surface area contributed by atoms with Gasteiger partial charge in [0.05, 0.1) is 21.5 Å². The summed E-state index contributed by atoms with van der Waals surface area (Å²) in [5.41, 5.74) is 4.06. The van der Waals surface area contributed by atoms with E-state index in [1.54, 1.807) is 0 Å². The maximum absolute atomic E-state index is 12.7. The Morgan fingerprint density at radius 3 is 2.80 bits per heavy atom. The smallest absolute Gasteiger partial charge is 0.252 e. The Hall–Kier alpha value is -2.86. The van der Waals surface area contributed by atoms with Crippen molar-refractivity contribution in [3.05, 3.63) is 54.1 Å². The molecule has 5 nitrogen and oxygen atoms in total. The Morgan fingerprint density at radius 1 is 1.08 bits per heavy atom. The summed E-state index contributed by atoms with van der Waals surface area (Å²) in [5, 5.41) is 8.09. The molecule has 4 aromatic rings. The molecule has 1 fully saturated rings. The molecule has 2 heterocycles. The van der Waals surface area contributed by atoms with E-state index in [4.69, 9.17) is 4.98 Å². The molecule has 0 atom stereocenters. The van der Waals surface area contributed by atoms with Crippen molar-refractivity contribution in [1.82, 2.24) is 19.9 Å². The maximum atomic E-state index is 12.7. The minimum atomic E-state index is -0.0306. The second-order valence-electron chi connectivity index (χ2n) is 6.25. The lowest BCUT2D eigenvalue weighted by atomic mass is 10.0. The van der Waals surface area contributed by atoms with Crippen molar-refractivity contribution >= 4 is 38.6 Å². The fraction of sp³-hybridized carbons (Fsp3) is 0.158. The van der Waals surface area contributed by atoms with Gasteiger partial charge in [0.1, 0.15) is 5.52 Å². The monoisotopic (exact) mass is 346 g/mol. The fourth-order valence-corrected chi connectivity index (χ4v) is 3.68. The Labute approximate surface area is 147 Å². The number of pyridine rings is 1. The molecule has 25 heavy (non-hydrogen) atoms. The van der Waals surface area contributed by atoms with Crippen molar-refractivity contribution in [3.8, 4) is 11.3 Å². The number of nitrogens with one attached hydrogen (secondary N) is 1. The summed E-state index contributed by atoms with van der Waals surface area (Å²) in [5.74, 6) is -0.0306. The minimum Gasteiger partial charge on any atom is -0.349 e. The molecule has 1 amide bonds. The Kier molecular flexibility index (Phi) is 3.24. The zero-order valence-corrected chi connectivity index (χ0v) is 14.1. The zero-order valence-electron chi connectivity index (χ0n) is 13.3. The van der Waals surface area contributed by atoms with E-state index in [0.717, 1.165) is 45.2 Å². The molecule has 6 heteroatoms. The Bertz CT molecular complexity index is 1120. The molecule has 2 aromatic carbocycles. The van der Waals surface area contributed by atoms with Gasteiger partial charge in [0, 0.05) is 17.0 Å². The molecule has 5 rings (SSSR count). The van der Waals surface area contributed by atoms with Crippen molar-refractivity contribution in [2.24, 2.45) is 0 Å². The molecule has 1 N–H and O–H groups in total. The van der Waals surface area contributed by atoms with Crippen LogP contribution in [0.15, 0.2) is 48.5 Å². The number of amides is 1. The van der Waals surface area contributed by atoms with Gasteiger partial charge in [-0.15, -0.1) is 5.10 Å². The molecule has 1 aliphatic carbocycles. The first-order valence-electron chi connectivity index (χ1n) is 8.22. The third-order valence-electron chi connectivity index (χ3n) is 4.42. The predicted octanol–water partition coefficient (Wildman–Crippen LogP) is 3.80. The van der Waals surface area contributed by atoms with Crippen molar-refractivity contribution < 1.29 is 4.79 Å². The lowest BCUT2D eigenvalue weighted by Crippen LogP contribution is -2.25. The highest BCUT2D eigenvalue weighted by Gasteiger charge is 2.25. The van der Waals surface area contributed by atoms with Crippen LogP contribution in [0.5, 0.6) is 0 Å². The van der Waals surface area contributed by atoms with Crippen LogP contribution in [-0.4, -0.2) is 26.5 Å². The van der Waals surface area contributed by atoms with E-state index in [1.807, 2.05) is 48.5 Å². The first-order valence-corrected chi connectivity index (χ1v) is 8.99. The number of benzene rings is 2. The summed E-state index contributed by atoms with van der Waals surface area (Å²) in [7, 11) is 0. The third kappa shape index (κ3) is 2.55. The van der Waals surface area contributed by atoms with Crippen LogP contribution in [0.1, 0.15) is 23.2 Å². The molecular formula is C19H14N4OS. The van der Waals surface area contributed by atoms with Crippen molar-refractivity contribution in [3.63, 3.8) is 0 Å². The van der Waals surface area contributed by atoms with Gasteiger partial charge in [0.25, 0.3) is 5.91 Å². The van der Waals surface area contributed by atoms with Crippen LogP contribution in [-0.2, 0) is 0 Å². The van der Waals surface area contributed by atoms with Crippen LogP contribution in [0.2, 0.25) is 0 Å². The van der Waals surface area contributed by atoms with Gasteiger partial charge in [0.2, 0.25) is 0 Å². The third-order valence-corrected chi connectivity index (χ3v) is 5.20. The van der Waals surface area contributed by atoms with Crippen molar-refractivity contribution in [2.75, 3.05) is 0 Å². The van der Waals surface area contributed by atoms with Gasteiger partial charge in [-0.05, 0) is 42.6 Å². The predicted molar refractivity (Wildman–Crippen MR) is 98.6 cm³/mol. The van der Waals surface area contributed by atoms with Gasteiger partial charge in [-0.3, -0.25) is 4.79 Å². The lowest BCUT2D eigenvalue weighted by Gasteiger charge is -2.10. The van der Waals surface area contributed by atoms with Gasteiger partial charge in [-0.1, -0.05) is 34.8 Å². The topological polar surface area (TPSA) is 67.8 Å². The zero-order chi connectivity index (χ0) is 16.8. The fourth-order valence-electron chi connectivity index (χ4n) is 3.00. The van der Waals surface area contributed by atoms with Crippen molar-refractivity contribution in [2.45, 2.75) is 18.9 Å². The van der Waals surface area contributed by atoms with Gasteiger partial charge < -0.3 is 5.32 Å². The highest BCUT2D eigenvalue weighted by atomic mass is 32.1. The van der Waals surface area contributed by atoms with Crippen LogP contribution in [0.3, 0.4) is 0 Å². The van der Waals surface area contributed by atoms with Crippen LogP contribution >= 0.6 is 11.5 Å². The summed E-state index contributed by atoms with van der Waals surface area (Å²) >= 11 is 1.35. The van der Waals surface area contributed by atoms with E-state index in [9.17, 15) is 4.79 Å². The SMILES string of the molecule is O=C(NC1CC1)c1cc(-c2cccc3nnsc23)nc2ccccc12. The quantitative estimate of drug-likeness (QED) is 0.613. The number of hydrogen-bond donors (Lipinski definition) is 1. The molecule has 0 aliphatic heterocycles. The van der Waals surface area contributed by atoms with Crippen LogP contribution in [0, 0.1) is 0 Å². The van der Waals surface area contributed by atoms with E-state index in [-0.39, 0.29) is 5.91 Å². The number of rotatable bonds is 3. The Morgan fingerprint density at radius 2 is 1.92 bits per heavy atom. The maximum Gasteiger partial charge on any atom is 0.252 e. The molecule has 122 valence electrons. The second kappa shape index (κ2) is 5.60. The van der Waals surface area contributed by atoms with Gasteiger partial charge in [-0.2, -0.15) is 0 Å². The van der Waals surface area contributed by atoms with E-state index in [2.05, 4.69) is 14.9 Å². The molecule has 0 bridgehead atoms.